The van der Waals surface area contributed by atoms with E-state index in [1.165, 1.54) is 83.2 Å². The maximum atomic E-state index is 2.45. The highest BCUT2D eigenvalue weighted by atomic mass is 15.1. The van der Waals surface area contributed by atoms with E-state index in [2.05, 4.69) is 231 Å². The number of anilines is 3. The second kappa shape index (κ2) is 13.7. The molecule has 0 saturated heterocycles. The van der Waals surface area contributed by atoms with Gasteiger partial charge in [0, 0.05) is 22.2 Å². The third-order valence-corrected chi connectivity index (χ3v) is 11.7. The van der Waals surface area contributed by atoms with Gasteiger partial charge in [-0.1, -0.05) is 190 Å². The van der Waals surface area contributed by atoms with Crippen molar-refractivity contribution in [1.82, 2.24) is 0 Å². The molecule has 0 radical (unpaired) electrons. The van der Waals surface area contributed by atoms with Gasteiger partial charge in [0.15, 0.2) is 0 Å². The molecule has 0 unspecified atom stereocenters. The van der Waals surface area contributed by atoms with Gasteiger partial charge in [-0.2, -0.15) is 0 Å². The van der Waals surface area contributed by atoms with Crippen LogP contribution < -0.4 is 4.90 Å². The quantitative estimate of drug-likeness (QED) is 0.159. The zero-order chi connectivity index (χ0) is 37.6. The Morgan fingerprint density at radius 1 is 0.321 bits per heavy atom. The third-order valence-electron chi connectivity index (χ3n) is 11.7. The van der Waals surface area contributed by atoms with Crippen molar-refractivity contribution in [2.75, 3.05) is 4.90 Å². The molecule has 0 atom stereocenters. The van der Waals surface area contributed by atoms with Gasteiger partial charge in [-0.15, -0.1) is 0 Å². The van der Waals surface area contributed by atoms with Crippen LogP contribution >= 0.6 is 0 Å². The van der Waals surface area contributed by atoms with Crippen LogP contribution in [-0.4, -0.2) is 0 Å². The summed E-state index contributed by atoms with van der Waals surface area (Å²) in [5.74, 6) is 0. The normalized spacial score (nSPS) is 12.6. The molecule has 0 aromatic heterocycles. The van der Waals surface area contributed by atoms with Gasteiger partial charge in [0.1, 0.15) is 0 Å². The van der Waals surface area contributed by atoms with E-state index in [4.69, 9.17) is 0 Å². The summed E-state index contributed by atoms with van der Waals surface area (Å²) < 4.78 is 0. The SMILES string of the molecule is CC1(C)c2cc(-c3ccccc3)ccc2-c2cc(N(c3ccc(-c4ccccc4)cc3)c3ccc(-c4ccc(-c5ccccc5)cc4)cc3)c3ccccc3c21. The summed E-state index contributed by atoms with van der Waals surface area (Å²) in [7, 11) is 0. The Kier molecular flexibility index (Phi) is 8.23. The van der Waals surface area contributed by atoms with Crippen LogP contribution in [0.1, 0.15) is 25.0 Å². The summed E-state index contributed by atoms with van der Waals surface area (Å²) in [5.41, 5.74) is 18.4. The van der Waals surface area contributed by atoms with Crippen molar-refractivity contribution in [3.8, 4) is 55.6 Å². The van der Waals surface area contributed by atoms with Crippen LogP contribution in [0.25, 0.3) is 66.4 Å². The summed E-state index contributed by atoms with van der Waals surface area (Å²) in [6, 6.07) is 77.5. The number of rotatable bonds is 7. The van der Waals surface area contributed by atoms with Gasteiger partial charge in [-0.05, 0) is 109 Å². The summed E-state index contributed by atoms with van der Waals surface area (Å²) in [4.78, 5) is 2.45. The highest BCUT2D eigenvalue weighted by molar-refractivity contribution is 6.07. The molecule has 0 amide bonds. The van der Waals surface area contributed by atoms with Crippen molar-refractivity contribution in [3.63, 3.8) is 0 Å². The average Bonchev–Trinajstić information content (AvgIpc) is 3.50. The molecule has 0 N–H and O–H groups in total. The first kappa shape index (κ1) is 33.6. The fourth-order valence-corrected chi connectivity index (χ4v) is 8.82. The molecule has 1 heteroatoms. The Morgan fingerprint density at radius 3 is 1.18 bits per heavy atom. The van der Waals surface area contributed by atoms with Crippen LogP contribution in [0.5, 0.6) is 0 Å². The van der Waals surface area contributed by atoms with Crippen LogP contribution in [0, 0.1) is 0 Å². The first-order valence-corrected chi connectivity index (χ1v) is 19.5. The number of benzene rings is 9. The molecule has 266 valence electrons. The molecule has 0 saturated carbocycles. The molecule has 0 heterocycles. The molecule has 0 spiro atoms. The summed E-state index contributed by atoms with van der Waals surface area (Å²) >= 11 is 0. The van der Waals surface area contributed by atoms with Crippen molar-refractivity contribution < 1.29 is 0 Å². The van der Waals surface area contributed by atoms with Crippen LogP contribution in [0.3, 0.4) is 0 Å². The highest BCUT2D eigenvalue weighted by Gasteiger charge is 2.38. The minimum atomic E-state index is -0.173. The predicted octanol–water partition coefficient (Wildman–Crippen LogP) is 15.3. The molecule has 1 aliphatic carbocycles. The van der Waals surface area contributed by atoms with Gasteiger partial charge in [0.2, 0.25) is 0 Å². The molecular weight excluding hydrogens is 675 g/mol. The lowest BCUT2D eigenvalue weighted by molar-refractivity contribution is 0.666. The highest BCUT2D eigenvalue weighted by Crippen LogP contribution is 2.55. The maximum Gasteiger partial charge on any atom is 0.0546 e. The zero-order valence-corrected chi connectivity index (χ0v) is 31.7. The van der Waals surface area contributed by atoms with Crippen LogP contribution in [-0.2, 0) is 5.41 Å². The van der Waals surface area contributed by atoms with Crippen LogP contribution in [0.4, 0.5) is 17.1 Å². The number of fused-ring (bicyclic) bond motifs is 5. The fourth-order valence-electron chi connectivity index (χ4n) is 8.82. The molecule has 1 aliphatic rings. The van der Waals surface area contributed by atoms with Crippen LogP contribution in [0.15, 0.2) is 212 Å². The number of hydrogen-bond donors (Lipinski definition) is 0. The van der Waals surface area contributed by atoms with E-state index in [1.54, 1.807) is 0 Å². The predicted molar refractivity (Wildman–Crippen MR) is 238 cm³/mol. The average molecular weight is 716 g/mol. The van der Waals surface area contributed by atoms with E-state index in [0.29, 0.717) is 0 Å². The molecule has 56 heavy (non-hydrogen) atoms. The summed E-state index contributed by atoms with van der Waals surface area (Å²) in [6.45, 7) is 4.79. The van der Waals surface area contributed by atoms with E-state index >= 15 is 0 Å². The molecule has 0 bridgehead atoms. The zero-order valence-electron chi connectivity index (χ0n) is 31.7. The topological polar surface area (TPSA) is 3.24 Å². The Morgan fingerprint density at radius 2 is 0.696 bits per heavy atom. The molecular formula is C55H41N. The Hall–Kier alpha value is -6.96. The molecule has 0 aliphatic heterocycles. The molecule has 0 fully saturated rings. The second-order valence-electron chi connectivity index (χ2n) is 15.4. The van der Waals surface area contributed by atoms with Crippen molar-refractivity contribution in [2.45, 2.75) is 19.3 Å². The Balaban J connectivity index is 1.12. The van der Waals surface area contributed by atoms with E-state index in [-0.39, 0.29) is 5.41 Å². The molecule has 9 aromatic carbocycles. The van der Waals surface area contributed by atoms with Gasteiger partial charge in [-0.3, -0.25) is 0 Å². The van der Waals surface area contributed by atoms with Gasteiger partial charge < -0.3 is 4.90 Å². The standard InChI is InChI=1S/C55H41N/c1-55(2)52-36-45(40-18-10-5-11-19-40)30-35-48(52)51-37-53(49-20-12-13-21-50(49)54(51)55)56(46-31-26-43(27-32-46)39-16-8-4-9-17-39)47-33-28-44(29-34-47)42-24-22-41(23-25-42)38-14-6-3-7-15-38/h3-37H,1-2H3. The van der Waals surface area contributed by atoms with Gasteiger partial charge in [0.25, 0.3) is 0 Å². The Bertz CT molecular complexity index is 2820. The van der Waals surface area contributed by atoms with Crippen molar-refractivity contribution in [3.05, 3.63) is 223 Å². The van der Waals surface area contributed by atoms with Gasteiger partial charge >= 0.3 is 0 Å². The van der Waals surface area contributed by atoms with Crippen molar-refractivity contribution >= 4 is 27.8 Å². The largest absolute Gasteiger partial charge is 0.310 e. The van der Waals surface area contributed by atoms with E-state index in [9.17, 15) is 0 Å². The van der Waals surface area contributed by atoms with E-state index in [1.807, 2.05) is 0 Å². The third kappa shape index (κ3) is 5.81. The van der Waals surface area contributed by atoms with E-state index < -0.39 is 0 Å². The lowest BCUT2D eigenvalue weighted by Crippen LogP contribution is -2.16. The van der Waals surface area contributed by atoms with Crippen molar-refractivity contribution in [1.29, 1.82) is 0 Å². The number of hydrogen-bond acceptors (Lipinski definition) is 1. The van der Waals surface area contributed by atoms with Crippen molar-refractivity contribution in [2.24, 2.45) is 0 Å². The summed E-state index contributed by atoms with van der Waals surface area (Å²) in [5, 5.41) is 2.53. The number of nitrogens with zero attached hydrogens (tertiary/aromatic N) is 1. The smallest absolute Gasteiger partial charge is 0.0546 e. The lowest BCUT2D eigenvalue weighted by atomic mass is 9.79. The van der Waals surface area contributed by atoms with Gasteiger partial charge in [0.05, 0.1) is 5.69 Å². The molecule has 1 nitrogen and oxygen atoms in total. The van der Waals surface area contributed by atoms with Gasteiger partial charge in [-0.25, -0.2) is 0 Å². The minimum Gasteiger partial charge on any atom is -0.310 e. The molecule has 9 aromatic rings. The van der Waals surface area contributed by atoms with Crippen LogP contribution in [0.2, 0.25) is 0 Å². The first-order valence-electron chi connectivity index (χ1n) is 19.5. The second-order valence-corrected chi connectivity index (χ2v) is 15.4. The lowest BCUT2D eigenvalue weighted by Gasteiger charge is -2.30. The first-order chi connectivity index (χ1) is 27.5. The maximum absolute atomic E-state index is 2.45. The monoisotopic (exact) mass is 715 g/mol. The minimum absolute atomic E-state index is 0.173. The molecule has 10 rings (SSSR count). The fraction of sp³-hybridized carbons (Fsp3) is 0.0545. The Labute approximate surface area is 329 Å². The van der Waals surface area contributed by atoms with E-state index in [0.717, 1.165) is 11.4 Å². The summed E-state index contributed by atoms with van der Waals surface area (Å²) in [6.07, 6.45) is 0.